The zero-order valence-corrected chi connectivity index (χ0v) is 12.3. The van der Waals surface area contributed by atoms with Crippen molar-refractivity contribution in [1.29, 1.82) is 0 Å². The standard InChI is InChI=1S/C15H20F3NO2/c1-14(2,3)12(20)8-9-19-13(21)10-4-6-11(7-5-10)15(16,17)18/h4-7,12,20H,8-9H2,1-3H3,(H,19,21)/t12-/m1/s1. The minimum absolute atomic E-state index is 0.160. The van der Waals surface area contributed by atoms with Crippen molar-refractivity contribution in [2.24, 2.45) is 5.41 Å². The molecule has 1 amide bonds. The minimum Gasteiger partial charge on any atom is -0.393 e. The van der Waals surface area contributed by atoms with Crippen LogP contribution in [0.5, 0.6) is 0 Å². The fourth-order valence-electron chi connectivity index (χ4n) is 1.67. The number of halogens is 3. The highest BCUT2D eigenvalue weighted by Crippen LogP contribution is 2.29. The molecule has 6 heteroatoms. The first-order chi connectivity index (χ1) is 9.51. The summed E-state index contributed by atoms with van der Waals surface area (Å²) in [6.45, 7) is 5.92. The summed E-state index contributed by atoms with van der Waals surface area (Å²) in [7, 11) is 0. The second-order valence-corrected chi connectivity index (χ2v) is 6.00. The molecule has 0 aliphatic carbocycles. The Morgan fingerprint density at radius 3 is 2.14 bits per heavy atom. The van der Waals surface area contributed by atoms with E-state index in [1.807, 2.05) is 20.8 Å². The Morgan fingerprint density at radius 1 is 1.19 bits per heavy atom. The van der Waals surface area contributed by atoms with Gasteiger partial charge in [0.1, 0.15) is 0 Å². The fraction of sp³-hybridized carbons (Fsp3) is 0.533. The van der Waals surface area contributed by atoms with Crippen LogP contribution in [0.15, 0.2) is 24.3 Å². The molecule has 1 aromatic rings. The average molecular weight is 303 g/mol. The second kappa shape index (κ2) is 6.47. The molecule has 0 saturated heterocycles. The number of hydrogen-bond donors (Lipinski definition) is 2. The van der Waals surface area contributed by atoms with Gasteiger partial charge in [0.15, 0.2) is 0 Å². The number of hydrogen-bond acceptors (Lipinski definition) is 2. The fourth-order valence-corrected chi connectivity index (χ4v) is 1.67. The van der Waals surface area contributed by atoms with E-state index in [2.05, 4.69) is 5.32 Å². The van der Waals surface area contributed by atoms with Crippen molar-refractivity contribution in [3.8, 4) is 0 Å². The van der Waals surface area contributed by atoms with E-state index in [0.717, 1.165) is 24.3 Å². The van der Waals surface area contributed by atoms with Gasteiger partial charge < -0.3 is 10.4 Å². The maximum absolute atomic E-state index is 12.4. The van der Waals surface area contributed by atoms with Crippen LogP contribution < -0.4 is 5.32 Å². The molecule has 118 valence electrons. The van der Waals surface area contributed by atoms with Crippen LogP contribution in [0.2, 0.25) is 0 Å². The molecule has 0 aliphatic rings. The Balaban J connectivity index is 2.53. The molecule has 1 rings (SSSR count). The largest absolute Gasteiger partial charge is 0.416 e. The topological polar surface area (TPSA) is 49.3 Å². The van der Waals surface area contributed by atoms with E-state index in [-0.39, 0.29) is 17.5 Å². The molecule has 0 radical (unpaired) electrons. The van der Waals surface area contributed by atoms with Gasteiger partial charge in [0, 0.05) is 12.1 Å². The number of rotatable bonds is 4. The first-order valence-electron chi connectivity index (χ1n) is 6.65. The molecular formula is C15H20F3NO2. The molecule has 0 fully saturated rings. The molecule has 0 aromatic heterocycles. The van der Waals surface area contributed by atoms with Crippen LogP contribution in [-0.4, -0.2) is 23.7 Å². The predicted octanol–water partition coefficient (Wildman–Crippen LogP) is 3.23. The molecule has 1 atom stereocenters. The lowest BCUT2D eigenvalue weighted by molar-refractivity contribution is -0.137. The molecule has 0 aliphatic heterocycles. The Kier molecular flexibility index (Phi) is 5.39. The lowest BCUT2D eigenvalue weighted by Crippen LogP contribution is -2.32. The third-order valence-corrected chi connectivity index (χ3v) is 3.18. The molecule has 0 unspecified atom stereocenters. The Bertz CT molecular complexity index is 475. The summed E-state index contributed by atoms with van der Waals surface area (Å²) < 4.78 is 37.2. The van der Waals surface area contributed by atoms with Gasteiger partial charge >= 0.3 is 6.18 Å². The Hall–Kier alpha value is -1.56. The van der Waals surface area contributed by atoms with Crippen molar-refractivity contribution in [3.63, 3.8) is 0 Å². The normalized spacial score (nSPS) is 13.9. The monoisotopic (exact) mass is 303 g/mol. The van der Waals surface area contributed by atoms with E-state index in [1.165, 1.54) is 0 Å². The smallest absolute Gasteiger partial charge is 0.393 e. The third-order valence-electron chi connectivity index (χ3n) is 3.18. The lowest BCUT2D eigenvalue weighted by atomic mass is 9.87. The molecule has 0 saturated carbocycles. The maximum atomic E-state index is 12.4. The van der Waals surface area contributed by atoms with Crippen LogP contribution in [-0.2, 0) is 6.18 Å². The highest BCUT2D eigenvalue weighted by atomic mass is 19.4. The number of amides is 1. The van der Waals surface area contributed by atoms with Crippen molar-refractivity contribution >= 4 is 5.91 Å². The van der Waals surface area contributed by atoms with Crippen LogP contribution in [0, 0.1) is 5.41 Å². The van der Waals surface area contributed by atoms with E-state index in [1.54, 1.807) is 0 Å². The molecule has 3 nitrogen and oxygen atoms in total. The zero-order chi connectivity index (χ0) is 16.3. The maximum Gasteiger partial charge on any atom is 0.416 e. The number of aliphatic hydroxyl groups excluding tert-OH is 1. The van der Waals surface area contributed by atoms with Gasteiger partial charge in [0.05, 0.1) is 11.7 Å². The van der Waals surface area contributed by atoms with Crippen LogP contribution in [0.3, 0.4) is 0 Å². The van der Waals surface area contributed by atoms with Crippen LogP contribution in [0.4, 0.5) is 13.2 Å². The number of alkyl halides is 3. The summed E-state index contributed by atoms with van der Waals surface area (Å²) in [6, 6.07) is 4.02. The number of carbonyl (C=O) groups is 1. The van der Waals surface area contributed by atoms with E-state index in [0.29, 0.717) is 6.42 Å². The minimum atomic E-state index is -4.41. The number of benzene rings is 1. The summed E-state index contributed by atoms with van der Waals surface area (Å²) in [4.78, 5) is 11.8. The first-order valence-corrected chi connectivity index (χ1v) is 6.65. The molecule has 0 spiro atoms. The molecule has 2 N–H and O–H groups in total. The van der Waals surface area contributed by atoms with Gasteiger partial charge in [-0.1, -0.05) is 20.8 Å². The molecule has 1 aromatic carbocycles. The van der Waals surface area contributed by atoms with Gasteiger partial charge in [-0.2, -0.15) is 13.2 Å². The number of carbonyl (C=O) groups excluding carboxylic acids is 1. The van der Waals surface area contributed by atoms with Gasteiger partial charge in [0.25, 0.3) is 5.91 Å². The van der Waals surface area contributed by atoms with Gasteiger partial charge in [0.2, 0.25) is 0 Å². The van der Waals surface area contributed by atoms with Crippen molar-refractivity contribution in [3.05, 3.63) is 35.4 Å². The van der Waals surface area contributed by atoms with Crippen molar-refractivity contribution in [2.45, 2.75) is 39.5 Å². The predicted molar refractivity (Wildman–Crippen MR) is 73.9 cm³/mol. The molecule has 0 bridgehead atoms. The van der Waals surface area contributed by atoms with Crippen LogP contribution >= 0.6 is 0 Å². The van der Waals surface area contributed by atoms with E-state index in [4.69, 9.17) is 0 Å². The number of nitrogens with one attached hydrogen (secondary N) is 1. The van der Waals surface area contributed by atoms with Crippen molar-refractivity contribution in [2.75, 3.05) is 6.54 Å². The van der Waals surface area contributed by atoms with Gasteiger partial charge in [-0.25, -0.2) is 0 Å². The van der Waals surface area contributed by atoms with E-state index in [9.17, 15) is 23.1 Å². The van der Waals surface area contributed by atoms with Gasteiger partial charge in [-0.05, 0) is 36.1 Å². The molecule has 21 heavy (non-hydrogen) atoms. The summed E-state index contributed by atoms with van der Waals surface area (Å²) in [5, 5.41) is 12.4. The SMILES string of the molecule is CC(C)(C)[C@H](O)CCNC(=O)c1ccc(C(F)(F)F)cc1. The van der Waals surface area contributed by atoms with Gasteiger partial charge in [-0.15, -0.1) is 0 Å². The third kappa shape index (κ3) is 5.38. The van der Waals surface area contributed by atoms with E-state index >= 15 is 0 Å². The summed E-state index contributed by atoms with van der Waals surface area (Å²) >= 11 is 0. The Morgan fingerprint density at radius 2 is 1.71 bits per heavy atom. The lowest BCUT2D eigenvalue weighted by Gasteiger charge is -2.25. The molecule has 0 heterocycles. The van der Waals surface area contributed by atoms with Crippen LogP contribution in [0.1, 0.15) is 43.1 Å². The summed E-state index contributed by atoms with van der Waals surface area (Å²) in [6.07, 6.45) is -4.59. The zero-order valence-electron chi connectivity index (χ0n) is 12.3. The average Bonchev–Trinajstić information content (AvgIpc) is 2.36. The van der Waals surface area contributed by atoms with Crippen molar-refractivity contribution in [1.82, 2.24) is 5.32 Å². The summed E-state index contributed by atoms with van der Waals surface area (Å²) in [5.74, 6) is -0.454. The highest BCUT2D eigenvalue weighted by molar-refractivity contribution is 5.94. The van der Waals surface area contributed by atoms with E-state index < -0.39 is 23.8 Å². The quantitative estimate of drug-likeness (QED) is 0.897. The highest BCUT2D eigenvalue weighted by Gasteiger charge is 2.30. The van der Waals surface area contributed by atoms with Crippen LogP contribution in [0.25, 0.3) is 0 Å². The number of aliphatic hydroxyl groups is 1. The first kappa shape index (κ1) is 17.5. The molecular weight excluding hydrogens is 283 g/mol. The van der Waals surface area contributed by atoms with Crippen molar-refractivity contribution < 1.29 is 23.1 Å². The second-order valence-electron chi connectivity index (χ2n) is 6.00. The Labute approximate surface area is 122 Å². The summed E-state index contributed by atoms with van der Waals surface area (Å²) in [5.41, 5.74) is -0.908. The van der Waals surface area contributed by atoms with Gasteiger partial charge in [-0.3, -0.25) is 4.79 Å².